The molecule has 1 aliphatic rings. The number of benzene rings is 1. The van der Waals surface area contributed by atoms with Gasteiger partial charge in [0, 0.05) is 24.4 Å². The van der Waals surface area contributed by atoms with Crippen molar-refractivity contribution in [2.45, 2.75) is 51.2 Å². The number of rotatable bonds is 5. The van der Waals surface area contributed by atoms with Crippen LogP contribution >= 0.6 is 0 Å². The van der Waals surface area contributed by atoms with E-state index in [9.17, 15) is 10.1 Å². The number of nitrogen functional groups attached to an aromatic ring is 1. The van der Waals surface area contributed by atoms with Crippen LogP contribution in [0.15, 0.2) is 18.2 Å². The Labute approximate surface area is 124 Å². The molecule has 1 atom stereocenters. The monoisotopic (exact) mass is 293 g/mol. The van der Waals surface area contributed by atoms with Crippen LogP contribution < -0.4 is 11.1 Å². The molecule has 0 bridgehead atoms. The Kier molecular flexibility index (Phi) is 4.67. The van der Waals surface area contributed by atoms with Gasteiger partial charge in [-0.05, 0) is 37.8 Å². The first-order valence-corrected chi connectivity index (χ1v) is 7.44. The first-order valence-electron chi connectivity index (χ1n) is 7.44. The summed E-state index contributed by atoms with van der Waals surface area (Å²) in [6.07, 6.45) is 3.85. The minimum absolute atomic E-state index is 0.0519. The molecule has 0 aliphatic carbocycles. The van der Waals surface area contributed by atoms with Crippen molar-refractivity contribution in [3.63, 3.8) is 0 Å². The normalized spacial score (nSPS) is 21.0. The van der Waals surface area contributed by atoms with Gasteiger partial charge in [-0.1, -0.05) is 13.8 Å². The number of hydrogen-bond donors (Lipinski definition) is 2. The molecule has 21 heavy (non-hydrogen) atoms. The average molecular weight is 293 g/mol. The molecule has 2 rings (SSSR count). The van der Waals surface area contributed by atoms with E-state index in [1.807, 2.05) is 0 Å². The van der Waals surface area contributed by atoms with E-state index in [1.54, 1.807) is 12.1 Å². The fraction of sp³-hybridized carbons (Fsp3) is 0.600. The highest BCUT2D eigenvalue weighted by atomic mass is 16.6. The van der Waals surface area contributed by atoms with Gasteiger partial charge in [0.1, 0.15) is 5.69 Å². The van der Waals surface area contributed by atoms with Gasteiger partial charge < -0.3 is 15.8 Å². The van der Waals surface area contributed by atoms with Gasteiger partial charge in [-0.3, -0.25) is 10.1 Å². The van der Waals surface area contributed by atoms with E-state index in [1.165, 1.54) is 6.07 Å². The summed E-state index contributed by atoms with van der Waals surface area (Å²) >= 11 is 0. The molecule has 1 aromatic carbocycles. The minimum atomic E-state index is -0.466. The van der Waals surface area contributed by atoms with Gasteiger partial charge in [-0.2, -0.15) is 0 Å². The maximum atomic E-state index is 10.8. The lowest BCUT2D eigenvalue weighted by Gasteiger charge is -2.40. The van der Waals surface area contributed by atoms with Crippen LogP contribution in [0, 0.1) is 10.1 Å². The van der Waals surface area contributed by atoms with E-state index < -0.39 is 4.92 Å². The maximum absolute atomic E-state index is 10.8. The van der Waals surface area contributed by atoms with E-state index in [4.69, 9.17) is 10.5 Å². The fourth-order valence-corrected chi connectivity index (χ4v) is 2.94. The lowest BCUT2D eigenvalue weighted by molar-refractivity contribution is -0.383. The molecule has 6 nitrogen and oxygen atoms in total. The van der Waals surface area contributed by atoms with E-state index in [-0.39, 0.29) is 17.0 Å². The second-order valence-electron chi connectivity index (χ2n) is 5.60. The summed E-state index contributed by atoms with van der Waals surface area (Å²) in [7, 11) is 0. The van der Waals surface area contributed by atoms with Gasteiger partial charge >= 0.3 is 0 Å². The average Bonchev–Trinajstić information content (AvgIpc) is 2.47. The summed E-state index contributed by atoms with van der Waals surface area (Å²) < 4.78 is 5.95. The van der Waals surface area contributed by atoms with Crippen LogP contribution in [0.25, 0.3) is 0 Å². The molecule has 1 aliphatic heterocycles. The third-order valence-electron chi connectivity index (χ3n) is 4.38. The molecule has 116 valence electrons. The molecule has 0 saturated carbocycles. The predicted molar refractivity (Wildman–Crippen MR) is 83.4 cm³/mol. The Morgan fingerprint density at radius 3 is 2.76 bits per heavy atom. The SMILES string of the molecule is CCC1(CC)CC(Nc2ccc([N+](=O)[O-])c(N)c2)CCO1. The number of hydrogen-bond acceptors (Lipinski definition) is 5. The lowest BCUT2D eigenvalue weighted by Crippen LogP contribution is -2.43. The first-order chi connectivity index (χ1) is 9.99. The third kappa shape index (κ3) is 3.44. The smallest absolute Gasteiger partial charge is 0.292 e. The number of nitrogens with one attached hydrogen (secondary N) is 1. The minimum Gasteiger partial charge on any atom is -0.393 e. The molecule has 1 heterocycles. The molecular weight excluding hydrogens is 270 g/mol. The van der Waals surface area contributed by atoms with Crippen molar-refractivity contribution in [3.8, 4) is 0 Å². The molecular formula is C15H23N3O3. The summed E-state index contributed by atoms with van der Waals surface area (Å²) in [4.78, 5) is 10.3. The second kappa shape index (κ2) is 6.30. The van der Waals surface area contributed by atoms with E-state index >= 15 is 0 Å². The highest BCUT2D eigenvalue weighted by molar-refractivity contribution is 5.66. The molecule has 0 spiro atoms. The molecule has 1 fully saturated rings. The van der Waals surface area contributed by atoms with Crippen LogP contribution in [0.4, 0.5) is 17.1 Å². The largest absolute Gasteiger partial charge is 0.393 e. The van der Waals surface area contributed by atoms with Crippen molar-refractivity contribution < 1.29 is 9.66 Å². The highest BCUT2D eigenvalue weighted by Crippen LogP contribution is 2.33. The Balaban J connectivity index is 2.08. The summed E-state index contributed by atoms with van der Waals surface area (Å²) in [5.74, 6) is 0. The standard InChI is InChI=1S/C15H23N3O3/c1-3-15(4-2)10-12(7-8-21-15)17-11-5-6-14(18(19)20)13(16)9-11/h5-6,9,12,17H,3-4,7-8,10,16H2,1-2H3. The first kappa shape index (κ1) is 15.6. The molecule has 0 aromatic heterocycles. The Morgan fingerprint density at radius 1 is 1.48 bits per heavy atom. The zero-order valence-electron chi connectivity index (χ0n) is 12.6. The van der Waals surface area contributed by atoms with Gasteiger partial charge in [0.05, 0.1) is 10.5 Å². The van der Waals surface area contributed by atoms with E-state index in [2.05, 4.69) is 19.2 Å². The number of nitrogens with two attached hydrogens (primary N) is 1. The molecule has 0 radical (unpaired) electrons. The number of nitro benzene ring substituents is 1. The quantitative estimate of drug-likeness (QED) is 0.493. The van der Waals surface area contributed by atoms with Crippen LogP contribution in [0.5, 0.6) is 0 Å². The molecule has 0 amide bonds. The molecule has 1 unspecified atom stereocenters. The highest BCUT2D eigenvalue weighted by Gasteiger charge is 2.34. The maximum Gasteiger partial charge on any atom is 0.292 e. The van der Waals surface area contributed by atoms with Crippen LogP contribution in [0.3, 0.4) is 0 Å². The molecule has 3 N–H and O–H groups in total. The van der Waals surface area contributed by atoms with Crippen LogP contribution in [-0.2, 0) is 4.74 Å². The molecule has 1 aromatic rings. The van der Waals surface area contributed by atoms with Crippen molar-refractivity contribution in [1.29, 1.82) is 0 Å². The van der Waals surface area contributed by atoms with Crippen LogP contribution in [-0.4, -0.2) is 23.2 Å². The van der Waals surface area contributed by atoms with Gasteiger partial charge in [-0.25, -0.2) is 0 Å². The summed E-state index contributed by atoms with van der Waals surface area (Å²) in [5, 5.41) is 14.2. The Bertz CT molecular complexity index is 515. The number of ether oxygens (including phenoxy) is 1. The van der Waals surface area contributed by atoms with Crippen molar-refractivity contribution in [3.05, 3.63) is 28.3 Å². The number of nitrogens with zero attached hydrogens (tertiary/aromatic N) is 1. The zero-order chi connectivity index (χ0) is 15.5. The molecule has 1 saturated heterocycles. The summed E-state index contributed by atoms with van der Waals surface area (Å²) in [6, 6.07) is 5.10. The van der Waals surface area contributed by atoms with E-state index in [0.29, 0.717) is 6.04 Å². The summed E-state index contributed by atoms with van der Waals surface area (Å²) in [6.45, 7) is 5.04. The summed E-state index contributed by atoms with van der Waals surface area (Å²) in [5.41, 5.74) is 6.64. The van der Waals surface area contributed by atoms with Crippen molar-refractivity contribution in [2.24, 2.45) is 0 Å². The van der Waals surface area contributed by atoms with E-state index in [0.717, 1.165) is 38.0 Å². The van der Waals surface area contributed by atoms with Gasteiger partial charge in [0.2, 0.25) is 0 Å². The van der Waals surface area contributed by atoms with Gasteiger partial charge in [0.25, 0.3) is 5.69 Å². The zero-order valence-corrected chi connectivity index (χ0v) is 12.6. The van der Waals surface area contributed by atoms with Crippen molar-refractivity contribution in [1.82, 2.24) is 0 Å². The fourth-order valence-electron chi connectivity index (χ4n) is 2.94. The topological polar surface area (TPSA) is 90.4 Å². The van der Waals surface area contributed by atoms with Crippen LogP contribution in [0.2, 0.25) is 0 Å². The molecule has 6 heteroatoms. The van der Waals surface area contributed by atoms with Crippen molar-refractivity contribution >= 4 is 17.1 Å². The third-order valence-corrected chi connectivity index (χ3v) is 4.38. The van der Waals surface area contributed by atoms with Crippen molar-refractivity contribution in [2.75, 3.05) is 17.7 Å². The number of nitro groups is 1. The number of anilines is 2. The van der Waals surface area contributed by atoms with Gasteiger partial charge in [0.15, 0.2) is 0 Å². The second-order valence-corrected chi connectivity index (χ2v) is 5.60. The lowest BCUT2D eigenvalue weighted by atomic mass is 9.86. The van der Waals surface area contributed by atoms with Gasteiger partial charge in [-0.15, -0.1) is 0 Å². The predicted octanol–water partition coefficient (Wildman–Crippen LogP) is 3.33. The Hall–Kier alpha value is -1.82. The van der Waals surface area contributed by atoms with Crippen LogP contribution in [0.1, 0.15) is 39.5 Å². The Morgan fingerprint density at radius 2 is 2.19 bits per heavy atom.